The van der Waals surface area contributed by atoms with Crippen molar-refractivity contribution in [2.75, 3.05) is 16.2 Å². The third kappa shape index (κ3) is 3.69. The molecule has 0 amide bonds. The van der Waals surface area contributed by atoms with Gasteiger partial charge in [0.1, 0.15) is 5.82 Å². The van der Waals surface area contributed by atoms with Crippen LogP contribution in [-0.4, -0.2) is 19.2 Å². The number of nitrogen functional groups attached to an aromatic ring is 1. The lowest BCUT2D eigenvalue weighted by Gasteiger charge is -2.09. The molecule has 0 atom stereocenters. The topological polar surface area (TPSA) is 85.1 Å². The number of hydrogen-bond acceptors (Lipinski definition) is 4. The molecule has 3 N–H and O–H groups in total. The average molecular weight is 243 g/mol. The van der Waals surface area contributed by atoms with E-state index in [0.717, 1.165) is 12.0 Å². The third-order valence-electron chi connectivity index (χ3n) is 2.12. The molecule has 0 spiro atoms. The van der Waals surface area contributed by atoms with E-state index in [1.165, 1.54) is 6.20 Å². The number of nitrogens with one attached hydrogen (secondary N) is 1. The van der Waals surface area contributed by atoms with Crippen LogP contribution in [0.15, 0.2) is 12.3 Å². The van der Waals surface area contributed by atoms with E-state index in [0.29, 0.717) is 17.9 Å². The highest BCUT2D eigenvalue weighted by Gasteiger charge is 2.11. The van der Waals surface area contributed by atoms with Crippen molar-refractivity contribution in [1.82, 2.24) is 4.98 Å². The van der Waals surface area contributed by atoms with Gasteiger partial charge in [0.05, 0.1) is 17.6 Å². The Morgan fingerprint density at radius 2 is 2.19 bits per heavy atom. The molecule has 0 unspecified atom stereocenters. The van der Waals surface area contributed by atoms with Crippen LogP contribution in [0.3, 0.4) is 0 Å². The van der Waals surface area contributed by atoms with Crippen molar-refractivity contribution >= 4 is 21.5 Å². The number of nitrogens with zero attached hydrogens (tertiary/aromatic N) is 1. The van der Waals surface area contributed by atoms with E-state index in [1.54, 1.807) is 13.0 Å². The molecule has 0 bridgehead atoms. The highest BCUT2D eigenvalue weighted by atomic mass is 32.2. The average Bonchev–Trinajstić information content (AvgIpc) is 2.19. The number of aromatic nitrogens is 1. The van der Waals surface area contributed by atoms with Gasteiger partial charge in [0.2, 0.25) is 10.0 Å². The van der Waals surface area contributed by atoms with Gasteiger partial charge >= 0.3 is 0 Å². The van der Waals surface area contributed by atoms with E-state index in [1.807, 2.05) is 6.92 Å². The monoisotopic (exact) mass is 243 g/mol. The number of pyridine rings is 1. The molecule has 0 aliphatic rings. The summed E-state index contributed by atoms with van der Waals surface area (Å²) in [5.74, 6) is 0.472. The molecule has 16 heavy (non-hydrogen) atoms. The minimum atomic E-state index is -3.29. The summed E-state index contributed by atoms with van der Waals surface area (Å²) in [6.45, 7) is 3.71. The summed E-state index contributed by atoms with van der Waals surface area (Å²) in [6, 6.07) is 1.69. The molecule has 0 aromatic carbocycles. The highest BCUT2D eigenvalue weighted by Crippen LogP contribution is 2.15. The van der Waals surface area contributed by atoms with Gasteiger partial charge in [0, 0.05) is 0 Å². The van der Waals surface area contributed by atoms with Crippen LogP contribution < -0.4 is 10.5 Å². The van der Waals surface area contributed by atoms with E-state index in [2.05, 4.69) is 9.71 Å². The molecular formula is C10H17N3O2S. The van der Waals surface area contributed by atoms with Crippen LogP contribution in [0.2, 0.25) is 0 Å². The van der Waals surface area contributed by atoms with Gasteiger partial charge in [-0.05, 0) is 25.0 Å². The number of unbranched alkanes of at least 4 members (excludes halogenated alkanes) is 1. The highest BCUT2D eigenvalue weighted by molar-refractivity contribution is 7.92. The maximum atomic E-state index is 11.6. The van der Waals surface area contributed by atoms with Crippen LogP contribution in [0.25, 0.3) is 0 Å². The van der Waals surface area contributed by atoms with Gasteiger partial charge < -0.3 is 5.73 Å². The first kappa shape index (κ1) is 12.8. The second-order valence-electron chi connectivity index (χ2n) is 3.71. The minimum Gasteiger partial charge on any atom is -0.397 e. The van der Waals surface area contributed by atoms with Crippen LogP contribution in [-0.2, 0) is 10.0 Å². The minimum absolute atomic E-state index is 0.120. The van der Waals surface area contributed by atoms with E-state index < -0.39 is 10.0 Å². The standard InChI is InChI=1S/C10H17N3O2S/c1-3-4-5-16(14,15)13-10-8(2)6-9(11)7-12-10/h6-7H,3-5,11H2,1-2H3,(H,12,13). The Morgan fingerprint density at radius 3 is 2.75 bits per heavy atom. The Hall–Kier alpha value is -1.30. The van der Waals surface area contributed by atoms with Gasteiger partial charge in [0.25, 0.3) is 0 Å². The molecule has 0 saturated carbocycles. The van der Waals surface area contributed by atoms with E-state index in [-0.39, 0.29) is 5.75 Å². The Balaban J connectivity index is 2.80. The maximum absolute atomic E-state index is 11.6. The second-order valence-corrected chi connectivity index (χ2v) is 5.55. The van der Waals surface area contributed by atoms with Gasteiger partial charge in [-0.25, -0.2) is 13.4 Å². The number of anilines is 2. The summed E-state index contributed by atoms with van der Waals surface area (Å²) < 4.78 is 25.7. The molecule has 6 heteroatoms. The van der Waals surface area contributed by atoms with Crippen LogP contribution in [0.1, 0.15) is 25.3 Å². The molecule has 0 aliphatic carbocycles. The number of nitrogens with two attached hydrogens (primary N) is 1. The zero-order valence-corrected chi connectivity index (χ0v) is 10.3. The normalized spacial score (nSPS) is 11.4. The molecule has 1 aromatic rings. The largest absolute Gasteiger partial charge is 0.397 e. The molecule has 1 rings (SSSR count). The second kappa shape index (κ2) is 5.16. The van der Waals surface area contributed by atoms with Crippen LogP contribution in [0.4, 0.5) is 11.5 Å². The van der Waals surface area contributed by atoms with Crippen LogP contribution in [0.5, 0.6) is 0 Å². The summed E-state index contributed by atoms with van der Waals surface area (Å²) in [6.07, 6.45) is 2.92. The van der Waals surface area contributed by atoms with Crippen molar-refractivity contribution in [2.45, 2.75) is 26.7 Å². The van der Waals surface area contributed by atoms with Gasteiger partial charge in [0.15, 0.2) is 0 Å². The zero-order valence-electron chi connectivity index (χ0n) is 9.53. The van der Waals surface area contributed by atoms with Crippen molar-refractivity contribution in [3.8, 4) is 0 Å². The number of hydrogen-bond donors (Lipinski definition) is 2. The van der Waals surface area contributed by atoms with Crippen LogP contribution in [0, 0.1) is 6.92 Å². The summed E-state index contributed by atoms with van der Waals surface area (Å²) in [4.78, 5) is 3.96. The molecule has 0 radical (unpaired) electrons. The first-order valence-corrected chi connectivity index (χ1v) is 6.82. The van der Waals surface area contributed by atoms with Gasteiger partial charge in [-0.3, -0.25) is 4.72 Å². The third-order valence-corrected chi connectivity index (χ3v) is 3.45. The van der Waals surface area contributed by atoms with Crippen molar-refractivity contribution in [3.05, 3.63) is 17.8 Å². The Labute approximate surface area is 96.1 Å². The fourth-order valence-corrected chi connectivity index (χ4v) is 2.52. The lowest BCUT2D eigenvalue weighted by molar-refractivity contribution is 0.597. The fourth-order valence-electron chi connectivity index (χ4n) is 1.24. The summed E-state index contributed by atoms with van der Waals surface area (Å²) in [5, 5.41) is 0. The molecule has 1 aromatic heterocycles. The van der Waals surface area contributed by atoms with Gasteiger partial charge in [-0.1, -0.05) is 13.3 Å². The number of rotatable bonds is 5. The predicted molar refractivity (Wildman–Crippen MR) is 65.7 cm³/mol. The molecule has 90 valence electrons. The molecule has 0 fully saturated rings. The summed E-state index contributed by atoms with van der Waals surface area (Å²) in [5.41, 5.74) is 6.78. The van der Waals surface area contributed by atoms with Gasteiger partial charge in [-0.15, -0.1) is 0 Å². The van der Waals surface area contributed by atoms with Crippen molar-refractivity contribution in [3.63, 3.8) is 0 Å². The van der Waals surface area contributed by atoms with E-state index in [9.17, 15) is 8.42 Å². The van der Waals surface area contributed by atoms with Crippen molar-refractivity contribution in [2.24, 2.45) is 0 Å². The van der Waals surface area contributed by atoms with Crippen LogP contribution >= 0.6 is 0 Å². The first-order chi connectivity index (χ1) is 7.44. The Bertz CT molecular complexity index is 457. The van der Waals surface area contributed by atoms with E-state index >= 15 is 0 Å². The smallest absolute Gasteiger partial charge is 0.233 e. The lowest BCUT2D eigenvalue weighted by atomic mass is 10.3. The number of aryl methyl sites for hydroxylation is 1. The molecular weight excluding hydrogens is 226 g/mol. The molecule has 0 saturated heterocycles. The van der Waals surface area contributed by atoms with Gasteiger partial charge in [-0.2, -0.15) is 0 Å². The van der Waals surface area contributed by atoms with Crippen molar-refractivity contribution in [1.29, 1.82) is 0 Å². The fraction of sp³-hybridized carbons (Fsp3) is 0.500. The summed E-state index contributed by atoms with van der Waals surface area (Å²) >= 11 is 0. The predicted octanol–water partition coefficient (Wildman–Crippen LogP) is 1.51. The molecule has 1 heterocycles. The molecule has 5 nitrogen and oxygen atoms in total. The lowest BCUT2D eigenvalue weighted by Crippen LogP contribution is -2.18. The number of sulfonamides is 1. The van der Waals surface area contributed by atoms with E-state index in [4.69, 9.17) is 5.73 Å². The molecule has 0 aliphatic heterocycles. The first-order valence-electron chi connectivity index (χ1n) is 5.17. The zero-order chi connectivity index (χ0) is 12.2. The maximum Gasteiger partial charge on any atom is 0.233 e. The Morgan fingerprint density at radius 1 is 1.50 bits per heavy atom. The summed E-state index contributed by atoms with van der Waals surface area (Å²) in [7, 11) is -3.29. The Kier molecular flexibility index (Phi) is 4.12. The quantitative estimate of drug-likeness (QED) is 0.821. The van der Waals surface area contributed by atoms with Crippen molar-refractivity contribution < 1.29 is 8.42 Å². The SMILES string of the molecule is CCCCS(=O)(=O)Nc1ncc(N)cc1C.